The van der Waals surface area contributed by atoms with Crippen LogP contribution in [0.3, 0.4) is 0 Å². The first kappa shape index (κ1) is 22.4. The van der Waals surface area contributed by atoms with E-state index in [2.05, 4.69) is 72.8 Å². The normalized spacial score (nSPS) is 11.5. The van der Waals surface area contributed by atoms with Crippen LogP contribution in [0.25, 0.3) is 77.3 Å². The maximum Gasteiger partial charge on any atom is 0.136 e. The molecule has 0 aliphatic carbocycles. The van der Waals surface area contributed by atoms with Crippen molar-refractivity contribution in [3.63, 3.8) is 0 Å². The van der Waals surface area contributed by atoms with Gasteiger partial charge in [0.1, 0.15) is 22.3 Å². The predicted molar refractivity (Wildman–Crippen MR) is 162 cm³/mol. The van der Waals surface area contributed by atoms with Crippen molar-refractivity contribution in [3.8, 4) is 39.4 Å². The van der Waals surface area contributed by atoms with Gasteiger partial charge in [-0.1, -0.05) is 60.7 Å². The highest BCUT2D eigenvalue weighted by molar-refractivity contribution is 6.07. The summed E-state index contributed by atoms with van der Waals surface area (Å²) < 4.78 is 12.4. The Hall–Kier alpha value is -5.59. The van der Waals surface area contributed by atoms with Crippen molar-refractivity contribution in [3.05, 3.63) is 133 Å². The van der Waals surface area contributed by atoms with Crippen LogP contribution >= 0.6 is 0 Å². The van der Waals surface area contributed by atoms with E-state index in [0.717, 1.165) is 77.3 Å². The van der Waals surface area contributed by atoms with Gasteiger partial charge in [0.2, 0.25) is 0 Å². The number of rotatable bonds is 3. The van der Waals surface area contributed by atoms with Crippen LogP contribution in [0.2, 0.25) is 0 Å². The smallest absolute Gasteiger partial charge is 0.136 e. The van der Waals surface area contributed by atoms with Gasteiger partial charge in [-0.15, -0.1) is 0 Å². The van der Waals surface area contributed by atoms with Gasteiger partial charge >= 0.3 is 0 Å². The van der Waals surface area contributed by atoms with Crippen molar-refractivity contribution < 1.29 is 8.83 Å². The van der Waals surface area contributed by atoms with E-state index in [1.807, 2.05) is 60.7 Å². The van der Waals surface area contributed by atoms with Crippen molar-refractivity contribution >= 4 is 43.9 Å². The fraction of sp³-hybridized carbons (Fsp3) is 0. The van der Waals surface area contributed by atoms with Crippen molar-refractivity contribution in [1.82, 2.24) is 0 Å². The first-order chi connectivity index (χ1) is 19.7. The lowest BCUT2D eigenvalue weighted by molar-refractivity contribution is 0.668. The molecule has 0 N–H and O–H groups in total. The van der Waals surface area contributed by atoms with Crippen LogP contribution in [0.1, 0.15) is 5.56 Å². The summed E-state index contributed by atoms with van der Waals surface area (Å²) >= 11 is 0. The van der Waals surface area contributed by atoms with Gasteiger partial charge in [0.15, 0.2) is 0 Å². The lowest BCUT2D eigenvalue weighted by Gasteiger charge is -2.12. The van der Waals surface area contributed by atoms with Crippen LogP contribution in [0.5, 0.6) is 0 Å². The molecule has 8 rings (SSSR count). The molecule has 40 heavy (non-hydrogen) atoms. The largest absolute Gasteiger partial charge is 0.456 e. The molecule has 0 unspecified atom stereocenters. The van der Waals surface area contributed by atoms with Gasteiger partial charge in [-0.3, -0.25) is 0 Å². The van der Waals surface area contributed by atoms with Crippen LogP contribution in [-0.4, -0.2) is 0 Å². The maximum atomic E-state index is 9.29. The fourth-order valence-corrected chi connectivity index (χ4v) is 5.68. The molecule has 0 aliphatic heterocycles. The molecule has 3 heteroatoms. The molecule has 0 aliphatic rings. The summed E-state index contributed by atoms with van der Waals surface area (Å²) in [6.07, 6.45) is 0. The van der Waals surface area contributed by atoms with Crippen LogP contribution in [0.4, 0.5) is 0 Å². The summed E-state index contributed by atoms with van der Waals surface area (Å²) in [4.78, 5) is 0. The SMILES string of the molecule is N#Cc1ccc(-c2cc(-c3ccc4c(c3)oc3ccccc34)cc(-c3ccc4c(c3)oc3ccccc34)c2)cc1. The van der Waals surface area contributed by atoms with Gasteiger partial charge < -0.3 is 8.83 Å². The van der Waals surface area contributed by atoms with Crippen LogP contribution < -0.4 is 0 Å². The van der Waals surface area contributed by atoms with Gasteiger partial charge in [-0.2, -0.15) is 5.26 Å². The summed E-state index contributed by atoms with van der Waals surface area (Å²) in [6.45, 7) is 0. The van der Waals surface area contributed by atoms with Gasteiger partial charge in [0, 0.05) is 21.5 Å². The van der Waals surface area contributed by atoms with Gasteiger partial charge in [0.05, 0.1) is 11.6 Å². The Morgan fingerprint density at radius 2 is 0.800 bits per heavy atom. The number of benzene rings is 6. The van der Waals surface area contributed by atoms with E-state index in [0.29, 0.717) is 5.56 Å². The molecular weight excluding hydrogens is 490 g/mol. The Kier molecular flexibility index (Phi) is 4.89. The maximum absolute atomic E-state index is 9.29. The molecule has 0 saturated carbocycles. The Morgan fingerprint density at radius 1 is 0.375 bits per heavy atom. The van der Waals surface area contributed by atoms with E-state index >= 15 is 0 Å². The molecule has 2 aromatic heterocycles. The van der Waals surface area contributed by atoms with Crippen LogP contribution in [-0.2, 0) is 0 Å². The van der Waals surface area contributed by atoms with Crippen molar-refractivity contribution in [1.29, 1.82) is 5.26 Å². The minimum atomic E-state index is 0.644. The topological polar surface area (TPSA) is 50.1 Å². The highest BCUT2D eigenvalue weighted by Gasteiger charge is 2.13. The summed E-state index contributed by atoms with van der Waals surface area (Å²) in [5.74, 6) is 0. The average molecular weight is 512 g/mol. The van der Waals surface area contributed by atoms with Crippen molar-refractivity contribution in [2.24, 2.45) is 0 Å². The van der Waals surface area contributed by atoms with Crippen LogP contribution in [0, 0.1) is 11.3 Å². The van der Waals surface area contributed by atoms with Crippen molar-refractivity contribution in [2.75, 3.05) is 0 Å². The number of para-hydroxylation sites is 2. The molecule has 0 bridgehead atoms. The molecule has 0 radical (unpaired) electrons. The second-order valence-corrected chi connectivity index (χ2v) is 10.1. The Bertz CT molecular complexity index is 2140. The third-order valence-electron chi connectivity index (χ3n) is 7.70. The fourth-order valence-electron chi connectivity index (χ4n) is 5.68. The second-order valence-electron chi connectivity index (χ2n) is 10.1. The highest BCUT2D eigenvalue weighted by Crippen LogP contribution is 2.38. The Balaban J connectivity index is 1.32. The monoisotopic (exact) mass is 511 g/mol. The van der Waals surface area contributed by atoms with Gasteiger partial charge in [-0.05, 0) is 100 Å². The summed E-state index contributed by atoms with van der Waals surface area (Å²) in [6, 6.07) is 45.7. The first-order valence-electron chi connectivity index (χ1n) is 13.2. The third-order valence-corrected chi connectivity index (χ3v) is 7.70. The van der Waals surface area contributed by atoms with E-state index in [4.69, 9.17) is 8.83 Å². The molecule has 186 valence electrons. The average Bonchev–Trinajstić information content (AvgIpc) is 3.58. The van der Waals surface area contributed by atoms with E-state index in [9.17, 15) is 5.26 Å². The molecule has 3 nitrogen and oxygen atoms in total. The molecule has 0 fully saturated rings. The minimum Gasteiger partial charge on any atom is -0.456 e. The third kappa shape index (κ3) is 3.59. The molecule has 0 saturated heterocycles. The Labute approximate surface area is 230 Å². The van der Waals surface area contributed by atoms with E-state index in [1.54, 1.807) is 0 Å². The lowest BCUT2D eigenvalue weighted by atomic mass is 9.92. The van der Waals surface area contributed by atoms with E-state index in [1.165, 1.54) is 0 Å². The number of hydrogen-bond acceptors (Lipinski definition) is 3. The number of nitrogens with zero attached hydrogens (tertiary/aromatic N) is 1. The van der Waals surface area contributed by atoms with E-state index in [-0.39, 0.29) is 0 Å². The first-order valence-corrected chi connectivity index (χ1v) is 13.2. The number of nitriles is 1. The summed E-state index contributed by atoms with van der Waals surface area (Å²) in [5, 5.41) is 13.8. The van der Waals surface area contributed by atoms with Crippen LogP contribution in [0.15, 0.2) is 136 Å². The molecular formula is C37H21NO2. The highest BCUT2D eigenvalue weighted by atomic mass is 16.3. The van der Waals surface area contributed by atoms with Crippen molar-refractivity contribution in [2.45, 2.75) is 0 Å². The minimum absolute atomic E-state index is 0.644. The quantitative estimate of drug-likeness (QED) is 0.237. The molecule has 0 atom stereocenters. The number of furan rings is 2. The molecule has 0 spiro atoms. The van der Waals surface area contributed by atoms with Gasteiger partial charge in [-0.25, -0.2) is 0 Å². The second kappa shape index (κ2) is 8.73. The van der Waals surface area contributed by atoms with Gasteiger partial charge in [0.25, 0.3) is 0 Å². The standard InChI is InChI=1S/C37H21NO2/c38-22-23-9-11-24(12-10-23)27-17-28(25-13-15-32-30-5-1-3-7-34(30)39-36(32)20-25)19-29(18-27)26-14-16-33-31-6-2-4-8-35(31)40-37(33)21-26/h1-21H. The zero-order valence-corrected chi connectivity index (χ0v) is 21.4. The molecule has 8 aromatic rings. The zero-order chi connectivity index (χ0) is 26.6. The predicted octanol–water partition coefficient (Wildman–Crippen LogP) is 10.4. The van der Waals surface area contributed by atoms with E-state index < -0.39 is 0 Å². The molecule has 0 amide bonds. The number of hydrogen-bond donors (Lipinski definition) is 0. The lowest BCUT2D eigenvalue weighted by Crippen LogP contribution is -1.87. The Morgan fingerprint density at radius 3 is 1.30 bits per heavy atom. The molecule has 6 aromatic carbocycles. The number of fused-ring (bicyclic) bond motifs is 6. The summed E-state index contributed by atoms with van der Waals surface area (Å²) in [7, 11) is 0. The zero-order valence-electron chi connectivity index (χ0n) is 21.4. The summed E-state index contributed by atoms with van der Waals surface area (Å²) in [5.41, 5.74) is 10.6. The molecule has 2 heterocycles.